The van der Waals surface area contributed by atoms with Crippen molar-refractivity contribution in [1.82, 2.24) is 0 Å². The molecular formula is C12H20O3Si. The maximum Gasteiger partial charge on any atom is 0.309 e. The van der Waals surface area contributed by atoms with Gasteiger partial charge < -0.3 is 9.16 Å². The van der Waals surface area contributed by atoms with E-state index in [0.717, 1.165) is 18.6 Å². The molecule has 0 saturated carbocycles. The summed E-state index contributed by atoms with van der Waals surface area (Å²) in [7, 11) is -1.52. The van der Waals surface area contributed by atoms with Crippen LogP contribution in [0.2, 0.25) is 19.6 Å². The van der Waals surface area contributed by atoms with Gasteiger partial charge in [0.1, 0.15) is 6.10 Å². The smallest absolute Gasteiger partial charge is 0.309 e. The summed E-state index contributed by atoms with van der Waals surface area (Å²) in [6.45, 7) is 8.53. The lowest BCUT2D eigenvalue weighted by Crippen LogP contribution is -2.29. The van der Waals surface area contributed by atoms with E-state index in [1.54, 1.807) is 0 Å². The molecule has 3 nitrogen and oxygen atoms in total. The van der Waals surface area contributed by atoms with E-state index in [9.17, 15) is 4.79 Å². The Morgan fingerprint density at radius 1 is 1.44 bits per heavy atom. The van der Waals surface area contributed by atoms with Crippen molar-refractivity contribution in [2.24, 2.45) is 11.8 Å². The summed E-state index contributed by atoms with van der Waals surface area (Å²) in [5.74, 6) is 1.44. The molecule has 1 fully saturated rings. The van der Waals surface area contributed by atoms with Crippen LogP contribution in [0.1, 0.15) is 19.8 Å². The van der Waals surface area contributed by atoms with Crippen LogP contribution in [0.15, 0.2) is 11.8 Å². The van der Waals surface area contributed by atoms with Crippen molar-refractivity contribution in [3.8, 4) is 0 Å². The van der Waals surface area contributed by atoms with Crippen LogP contribution in [0.4, 0.5) is 0 Å². The van der Waals surface area contributed by atoms with E-state index in [1.807, 2.05) is 6.92 Å². The first-order chi connectivity index (χ1) is 7.37. The minimum absolute atomic E-state index is 0.0270. The fourth-order valence-corrected chi connectivity index (χ4v) is 3.44. The molecule has 2 aliphatic rings. The number of carbonyl (C=O) groups is 1. The van der Waals surface area contributed by atoms with E-state index >= 15 is 0 Å². The third-order valence-corrected chi connectivity index (χ3v) is 4.07. The van der Waals surface area contributed by atoms with Gasteiger partial charge in [-0.15, -0.1) is 0 Å². The molecule has 0 bridgehead atoms. The molecule has 3 atom stereocenters. The maximum atomic E-state index is 11.5. The SMILES string of the molecule is C[C@@H]1OC(=O)[C@H]2CC=C(O[Si](C)(C)C)C[C@@H]12. The van der Waals surface area contributed by atoms with E-state index in [4.69, 9.17) is 9.16 Å². The molecule has 0 radical (unpaired) electrons. The largest absolute Gasteiger partial charge is 0.548 e. The molecule has 2 rings (SSSR count). The topological polar surface area (TPSA) is 35.5 Å². The zero-order valence-corrected chi connectivity index (χ0v) is 11.4. The lowest BCUT2D eigenvalue weighted by Gasteiger charge is -2.29. The van der Waals surface area contributed by atoms with E-state index < -0.39 is 8.32 Å². The number of hydrogen-bond acceptors (Lipinski definition) is 3. The molecule has 16 heavy (non-hydrogen) atoms. The number of fused-ring (bicyclic) bond motifs is 1. The third kappa shape index (κ3) is 2.31. The molecule has 1 heterocycles. The summed E-state index contributed by atoms with van der Waals surface area (Å²) >= 11 is 0. The highest BCUT2D eigenvalue weighted by atomic mass is 28.4. The van der Waals surface area contributed by atoms with E-state index in [1.165, 1.54) is 0 Å². The lowest BCUT2D eigenvalue weighted by atomic mass is 9.81. The lowest BCUT2D eigenvalue weighted by molar-refractivity contribution is -0.143. The normalized spacial score (nSPS) is 34.1. The molecule has 0 amide bonds. The first kappa shape index (κ1) is 11.7. The van der Waals surface area contributed by atoms with E-state index in [2.05, 4.69) is 25.7 Å². The van der Waals surface area contributed by atoms with Gasteiger partial charge in [0.2, 0.25) is 8.32 Å². The van der Waals surface area contributed by atoms with E-state index in [0.29, 0.717) is 5.92 Å². The standard InChI is InChI=1S/C12H20O3Si/c1-8-11-7-9(15-16(2,3)4)5-6-10(11)12(13)14-8/h5,8,10-11H,6-7H2,1-4H3/t8-,10-,11-/m0/s1. The van der Waals surface area contributed by atoms with Gasteiger partial charge in [-0.1, -0.05) is 0 Å². The quantitative estimate of drug-likeness (QED) is 0.550. The molecule has 90 valence electrons. The highest BCUT2D eigenvalue weighted by molar-refractivity contribution is 6.70. The molecule has 0 aromatic heterocycles. The van der Waals surface area contributed by atoms with Crippen LogP contribution < -0.4 is 0 Å². The third-order valence-electron chi connectivity index (χ3n) is 3.20. The van der Waals surface area contributed by atoms with Crippen molar-refractivity contribution >= 4 is 14.3 Å². The van der Waals surface area contributed by atoms with Crippen LogP contribution in [0.5, 0.6) is 0 Å². The average molecular weight is 240 g/mol. The highest BCUT2D eigenvalue weighted by Crippen LogP contribution is 2.40. The number of rotatable bonds is 2. The first-order valence-electron chi connectivity index (χ1n) is 5.95. The van der Waals surface area contributed by atoms with Crippen LogP contribution >= 0.6 is 0 Å². The fraction of sp³-hybridized carbons (Fsp3) is 0.750. The average Bonchev–Trinajstić information content (AvgIpc) is 2.40. The number of ether oxygens (including phenoxy) is 1. The monoisotopic (exact) mass is 240 g/mol. The first-order valence-corrected chi connectivity index (χ1v) is 9.36. The second-order valence-corrected chi connectivity index (χ2v) is 10.2. The summed E-state index contributed by atoms with van der Waals surface area (Å²) in [4.78, 5) is 11.5. The number of hydrogen-bond donors (Lipinski definition) is 0. The van der Waals surface area contributed by atoms with Gasteiger partial charge in [0, 0.05) is 12.3 Å². The molecule has 1 saturated heterocycles. The summed E-state index contributed by atoms with van der Waals surface area (Å²) in [6, 6.07) is 0. The van der Waals surface area contributed by atoms with Gasteiger partial charge >= 0.3 is 5.97 Å². The zero-order valence-electron chi connectivity index (χ0n) is 10.4. The highest BCUT2D eigenvalue weighted by Gasteiger charge is 2.44. The zero-order chi connectivity index (χ0) is 11.9. The Labute approximate surface area is 97.9 Å². The number of carbonyl (C=O) groups excluding carboxylic acids is 1. The number of allylic oxidation sites excluding steroid dienone is 2. The summed E-state index contributed by atoms with van der Waals surface area (Å²) < 4.78 is 11.3. The Morgan fingerprint density at radius 3 is 2.75 bits per heavy atom. The van der Waals surface area contributed by atoms with Crippen molar-refractivity contribution in [2.45, 2.75) is 45.5 Å². The predicted octanol–water partition coefficient (Wildman–Crippen LogP) is 2.69. The van der Waals surface area contributed by atoms with Crippen LogP contribution in [0, 0.1) is 11.8 Å². The molecule has 1 aliphatic carbocycles. The minimum atomic E-state index is -1.52. The molecular weight excluding hydrogens is 220 g/mol. The van der Waals surface area contributed by atoms with Crippen molar-refractivity contribution in [2.75, 3.05) is 0 Å². The van der Waals surface area contributed by atoms with Gasteiger partial charge in [-0.3, -0.25) is 4.79 Å². The fourth-order valence-electron chi connectivity index (χ4n) is 2.49. The van der Waals surface area contributed by atoms with Gasteiger partial charge in [-0.25, -0.2) is 0 Å². The summed E-state index contributed by atoms with van der Waals surface area (Å²) in [6.07, 6.45) is 3.78. The van der Waals surface area contributed by atoms with E-state index in [-0.39, 0.29) is 18.0 Å². The van der Waals surface area contributed by atoms with Crippen molar-refractivity contribution in [3.05, 3.63) is 11.8 Å². The van der Waals surface area contributed by atoms with Crippen molar-refractivity contribution in [3.63, 3.8) is 0 Å². The van der Waals surface area contributed by atoms with Gasteiger partial charge in [0.05, 0.1) is 11.7 Å². The maximum absolute atomic E-state index is 11.5. The Morgan fingerprint density at radius 2 is 2.12 bits per heavy atom. The van der Waals surface area contributed by atoms with Gasteiger partial charge in [-0.2, -0.15) is 0 Å². The molecule has 0 aromatic carbocycles. The number of esters is 1. The summed E-state index contributed by atoms with van der Waals surface area (Å²) in [5, 5.41) is 0. The second-order valence-electron chi connectivity index (χ2n) is 5.74. The molecule has 4 heteroatoms. The van der Waals surface area contributed by atoms with Crippen molar-refractivity contribution < 1.29 is 14.0 Å². The summed E-state index contributed by atoms with van der Waals surface area (Å²) in [5.41, 5.74) is 0. The number of cyclic esters (lactones) is 1. The molecule has 0 aromatic rings. The predicted molar refractivity (Wildman–Crippen MR) is 64.3 cm³/mol. The second kappa shape index (κ2) is 3.91. The Kier molecular flexibility index (Phi) is 2.86. The molecule has 0 spiro atoms. The molecule has 0 unspecified atom stereocenters. The molecule has 0 N–H and O–H groups in total. The van der Waals surface area contributed by atoms with Crippen LogP contribution in [0.25, 0.3) is 0 Å². The van der Waals surface area contributed by atoms with Crippen LogP contribution in [0.3, 0.4) is 0 Å². The Bertz CT molecular complexity index is 330. The molecule has 1 aliphatic heterocycles. The van der Waals surface area contributed by atoms with Gasteiger partial charge in [-0.05, 0) is 39.1 Å². The van der Waals surface area contributed by atoms with Gasteiger partial charge in [0.25, 0.3) is 0 Å². The van der Waals surface area contributed by atoms with Crippen LogP contribution in [-0.2, 0) is 14.0 Å². The van der Waals surface area contributed by atoms with Crippen molar-refractivity contribution in [1.29, 1.82) is 0 Å². The Balaban J connectivity index is 2.07. The minimum Gasteiger partial charge on any atom is -0.548 e. The Hall–Kier alpha value is -0.773. The van der Waals surface area contributed by atoms with Gasteiger partial charge in [0.15, 0.2) is 0 Å². The van der Waals surface area contributed by atoms with Crippen LogP contribution in [-0.4, -0.2) is 20.4 Å².